The van der Waals surface area contributed by atoms with Crippen molar-refractivity contribution < 1.29 is 9.53 Å². The second kappa shape index (κ2) is 7.42. The van der Waals surface area contributed by atoms with E-state index in [-0.39, 0.29) is 5.91 Å². The van der Waals surface area contributed by atoms with E-state index in [4.69, 9.17) is 10.5 Å². The third-order valence-electron chi connectivity index (χ3n) is 2.97. The van der Waals surface area contributed by atoms with Crippen LogP contribution >= 0.6 is 0 Å². The average Bonchev–Trinajstić information content (AvgIpc) is 2.54. The normalized spacial score (nSPS) is 10.1. The van der Waals surface area contributed by atoms with Gasteiger partial charge in [0.2, 0.25) is 0 Å². The number of nitrogens with zero attached hydrogens (tertiary/aromatic N) is 2. The van der Waals surface area contributed by atoms with Crippen LogP contribution in [0.2, 0.25) is 0 Å². The highest BCUT2D eigenvalue weighted by atomic mass is 16.5. The number of nitrogens with one attached hydrogen (secondary N) is 1. The van der Waals surface area contributed by atoms with E-state index in [9.17, 15) is 4.79 Å². The first kappa shape index (κ1) is 15.8. The second-order valence-corrected chi connectivity index (χ2v) is 4.92. The van der Waals surface area contributed by atoms with Crippen LogP contribution in [0.1, 0.15) is 10.4 Å². The van der Waals surface area contributed by atoms with Crippen LogP contribution in [0.5, 0.6) is 5.75 Å². The monoisotopic (exact) mass is 300 g/mol. The maximum atomic E-state index is 12.1. The van der Waals surface area contributed by atoms with E-state index in [1.54, 1.807) is 42.6 Å². The van der Waals surface area contributed by atoms with Gasteiger partial charge in [0.15, 0.2) is 0 Å². The van der Waals surface area contributed by atoms with Gasteiger partial charge in [-0.05, 0) is 36.4 Å². The van der Waals surface area contributed by atoms with E-state index >= 15 is 0 Å². The van der Waals surface area contributed by atoms with Gasteiger partial charge in [0.25, 0.3) is 5.91 Å². The lowest BCUT2D eigenvalue weighted by atomic mass is 10.2. The molecule has 0 aliphatic heterocycles. The Labute approximate surface area is 129 Å². The molecule has 0 aliphatic rings. The third-order valence-corrected chi connectivity index (χ3v) is 2.97. The van der Waals surface area contributed by atoms with Crippen LogP contribution in [-0.2, 0) is 0 Å². The minimum Gasteiger partial charge on any atom is -0.492 e. The number of amides is 1. The summed E-state index contributed by atoms with van der Waals surface area (Å²) in [5, 5.41) is 2.82. The highest BCUT2D eigenvalue weighted by Gasteiger charge is 2.07. The van der Waals surface area contributed by atoms with Crippen LogP contribution in [-0.4, -0.2) is 38.1 Å². The van der Waals surface area contributed by atoms with Gasteiger partial charge < -0.3 is 20.7 Å². The van der Waals surface area contributed by atoms with Gasteiger partial charge in [-0.2, -0.15) is 0 Å². The zero-order chi connectivity index (χ0) is 15.9. The van der Waals surface area contributed by atoms with Crippen LogP contribution in [0.15, 0.2) is 42.6 Å². The molecule has 1 heterocycles. The molecule has 0 spiro atoms. The van der Waals surface area contributed by atoms with E-state index in [0.29, 0.717) is 24.4 Å². The van der Waals surface area contributed by atoms with Gasteiger partial charge in [0.05, 0.1) is 5.56 Å². The molecule has 0 unspecified atom stereocenters. The molecular formula is C16H20N4O2. The highest BCUT2D eigenvalue weighted by Crippen LogP contribution is 2.16. The SMILES string of the molecule is CN(C)c1ccc(C(=O)Nc2ccc(OCCN)cc2)cn1. The first-order chi connectivity index (χ1) is 10.6. The molecule has 1 aromatic carbocycles. The third kappa shape index (κ3) is 4.20. The molecule has 0 aliphatic carbocycles. The Kier molecular flexibility index (Phi) is 5.32. The van der Waals surface area contributed by atoms with Crippen molar-refractivity contribution in [3.05, 3.63) is 48.2 Å². The van der Waals surface area contributed by atoms with Gasteiger partial charge in [-0.3, -0.25) is 4.79 Å². The molecule has 6 heteroatoms. The Morgan fingerprint density at radius 3 is 2.50 bits per heavy atom. The molecule has 0 saturated carbocycles. The van der Waals surface area contributed by atoms with Crippen molar-refractivity contribution in [2.24, 2.45) is 5.73 Å². The topological polar surface area (TPSA) is 80.5 Å². The van der Waals surface area contributed by atoms with Crippen molar-refractivity contribution in [1.29, 1.82) is 0 Å². The summed E-state index contributed by atoms with van der Waals surface area (Å²) in [4.78, 5) is 18.2. The largest absolute Gasteiger partial charge is 0.492 e. The molecule has 1 amide bonds. The Hall–Kier alpha value is -2.60. The molecule has 0 radical (unpaired) electrons. The molecule has 0 bridgehead atoms. The minimum atomic E-state index is -0.201. The van der Waals surface area contributed by atoms with Gasteiger partial charge in [-0.15, -0.1) is 0 Å². The van der Waals surface area contributed by atoms with Crippen molar-refractivity contribution in [1.82, 2.24) is 4.98 Å². The zero-order valence-corrected chi connectivity index (χ0v) is 12.7. The van der Waals surface area contributed by atoms with Gasteiger partial charge in [0.1, 0.15) is 18.2 Å². The maximum absolute atomic E-state index is 12.1. The lowest BCUT2D eigenvalue weighted by Gasteiger charge is -2.11. The number of ether oxygens (including phenoxy) is 1. The van der Waals surface area contributed by atoms with Crippen molar-refractivity contribution in [3.8, 4) is 5.75 Å². The number of rotatable bonds is 6. The zero-order valence-electron chi connectivity index (χ0n) is 12.7. The molecule has 3 N–H and O–H groups in total. The summed E-state index contributed by atoms with van der Waals surface area (Å²) in [6.45, 7) is 0.935. The number of carbonyl (C=O) groups is 1. The van der Waals surface area contributed by atoms with E-state index in [0.717, 1.165) is 11.6 Å². The number of carbonyl (C=O) groups excluding carboxylic acids is 1. The maximum Gasteiger partial charge on any atom is 0.257 e. The van der Waals surface area contributed by atoms with Crippen LogP contribution in [0.3, 0.4) is 0 Å². The molecule has 2 rings (SSSR count). The minimum absolute atomic E-state index is 0.201. The smallest absolute Gasteiger partial charge is 0.257 e. The summed E-state index contributed by atoms with van der Waals surface area (Å²) in [5.74, 6) is 1.33. The summed E-state index contributed by atoms with van der Waals surface area (Å²) in [6, 6.07) is 10.7. The summed E-state index contributed by atoms with van der Waals surface area (Å²) in [6.07, 6.45) is 1.56. The van der Waals surface area contributed by atoms with Gasteiger partial charge in [-0.1, -0.05) is 0 Å². The van der Waals surface area contributed by atoms with Crippen molar-refractivity contribution in [3.63, 3.8) is 0 Å². The fraction of sp³-hybridized carbons (Fsp3) is 0.250. The molecule has 6 nitrogen and oxygen atoms in total. The molecular weight excluding hydrogens is 280 g/mol. The van der Waals surface area contributed by atoms with Crippen molar-refractivity contribution in [2.75, 3.05) is 37.5 Å². The van der Waals surface area contributed by atoms with Crippen LogP contribution in [0.4, 0.5) is 11.5 Å². The Morgan fingerprint density at radius 2 is 1.95 bits per heavy atom. The molecule has 2 aromatic rings. The van der Waals surface area contributed by atoms with E-state index in [2.05, 4.69) is 10.3 Å². The van der Waals surface area contributed by atoms with E-state index in [1.807, 2.05) is 19.0 Å². The standard InChI is InChI=1S/C16H20N4O2/c1-20(2)15-8-3-12(11-18-15)16(21)19-13-4-6-14(7-5-13)22-10-9-17/h3-8,11H,9-10,17H2,1-2H3,(H,19,21). The number of pyridine rings is 1. The predicted molar refractivity (Wildman–Crippen MR) is 87.5 cm³/mol. The first-order valence-corrected chi connectivity index (χ1v) is 6.98. The number of anilines is 2. The van der Waals surface area contributed by atoms with Crippen LogP contribution in [0, 0.1) is 0 Å². The summed E-state index contributed by atoms with van der Waals surface area (Å²) in [5.41, 5.74) is 6.58. The Morgan fingerprint density at radius 1 is 1.23 bits per heavy atom. The predicted octanol–water partition coefficient (Wildman–Crippen LogP) is 1.74. The molecule has 0 fully saturated rings. The lowest BCUT2D eigenvalue weighted by molar-refractivity contribution is 0.102. The highest BCUT2D eigenvalue weighted by molar-refractivity contribution is 6.04. The number of aromatic nitrogens is 1. The van der Waals surface area contributed by atoms with Crippen molar-refractivity contribution >= 4 is 17.4 Å². The lowest BCUT2D eigenvalue weighted by Crippen LogP contribution is -2.14. The number of nitrogens with two attached hydrogens (primary N) is 1. The van der Waals surface area contributed by atoms with Crippen LogP contribution in [0.25, 0.3) is 0 Å². The molecule has 0 saturated heterocycles. The number of benzene rings is 1. The molecule has 1 aromatic heterocycles. The summed E-state index contributed by atoms with van der Waals surface area (Å²) < 4.78 is 5.38. The fourth-order valence-corrected chi connectivity index (χ4v) is 1.80. The molecule has 22 heavy (non-hydrogen) atoms. The van der Waals surface area contributed by atoms with Gasteiger partial charge in [0, 0.05) is 32.5 Å². The van der Waals surface area contributed by atoms with E-state index < -0.39 is 0 Å². The van der Waals surface area contributed by atoms with Gasteiger partial charge in [-0.25, -0.2) is 4.98 Å². The first-order valence-electron chi connectivity index (χ1n) is 6.98. The number of hydrogen-bond donors (Lipinski definition) is 2. The quantitative estimate of drug-likeness (QED) is 0.849. The Balaban J connectivity index is 1.99. The summed E-state index contributed by atoms with van der Waals surface area (Å²) >= 11 is 0. The van der Waals surface area contributed by atoms with Crippen LogP contribution < -0.4 is 20.7 Å². The molecule has 0 atom stereocenters. The second-order valence-electron chi connectivity index (χ2n) is 4.92. The Bertz CT molecular complexity index is 609. The number of hydrogen-bond acceptors (Lipinski definition) is 5. The van der Waals surface area contributed by atoms with Crippen molar-refractivity contribution in [2.45, 2.75) is 0 Å². The molecule has 116 valence electrons. The average molecular weight is 300 g/mol. The fourth-order valence-electron chi connectivity index (χ4n) is 1.80. The van der Waals surface area contributed by atoms with E-state index in [1.165, 1.54) is 0 Å². The summed E-state index contributed by atoms with van der Waals surface area (Å²) in [7, 11) is 3.80. The van der Waals surface area contributed by atoms with Gasteiger partial charge >= 0.3 is 0 Å².